The van der Waals surface area contributed by atoms with Gasteiger partial charge in [-0.3, -0.25) is 9.69 Å². The van der Waals surface area contributed by atoms with Crippen molar-refractivity contribution in [3.63, 3.8) is 0 Å². The highest BCUT2D eigenvalue weighted by Gasteiger charge is 2.43. The number of rotatable bonds is 6. The lowest BCUT2D eigenvalue weighted by Gasteiger charge is -2.15. The van der Waals surface area contributed by atoms with Crippen LogP contribution in [-0.2, 0) is 4.79 Å². The SMILES string of the molecule is CC1(C)NC(=O)N(CCCSc2nnc(-c3ccco3)o2)C1=O. The Morgan fingerprint density at radius 2 is 2.17 bits per heavy atom. The monoisotopic (exact) mass is 336 g/mol. The molecule has 0 unspecified atom stereocenters. The van der Waals surface area contributed by atoms with Crippen LogP contribution < -0.4 is 5.32 Å². The normalized spacial score (nSPS) is 16.9. The molecule has 9 heteroatoms. The van der Waals surface area contributed by atoms with Gasteiger partial charge in [0.15, 0.2) is 5.76 Å². The average Bonchev–Trinajstić information content (AvgIpc) is 3.19. The number of amides is 3. The van der Waals surface area contributed by atoms with Crippen LogP contribution in [0.5, 0.6) is 0 Å². The number of hydrogen-bond acceptors (Lipinski definition) is 7. The molecule has 0 bridgehead atoms. The molecular formula is C14H16N4O4S. The van der Waals surface area contributed by atoms with Gasteiger partial charge >= 0.3 is 6.03 Å². The van der Waals surface area contributed by atoms with E-state index in [-0.39, 0.29) is 11.9 Å². The first-order valence-electron chi connectivity index (χ1n) is 7.12. The number of nitrogens with one attached hydrogen (secondary N) is 1. The molecule has 122 valence electrons. The third-order valence-electron chi connectivity index (χ3n) is 3.33. The van der Waals surface area contributed by atoms with Gasteiger partial charge in [-0.15, -0.1) is 10.2 Å². The molecule has 1 aliphatic heterocycles. The van der Waals surface area contributed by atoms with Crippen LogP contribution in [-0.4, -0.2) is 44.9 Å². The zero-order valence-electron chi connectivity index (χ0n) is 12.7. The fourth-order valence-electron chi connectivity index (χ4n) is 2.17. The second-order valence-electron chi connectivity index (χ2n) is 5.56. The van der Waals surface area contributed by atoms with Crippen LogP contribution in [0.4, 0.5) is 4.79 Å². The fourth-order valence-corrected chi connectivity index (χ4v) is 2.86. The Hall–Kier alpha value is -2.29. The van der Waals surface area contributed by atoms with Crippen LogP contribution in [0, 0.1) is 0 Å². The second kappa shape index (κ2) is 6.07. The number of imide groups is 1. The van der Waals surface area contributed by atoms with E-state index >= 15 is 0 Å². The van der Waals surface area contributed by atoms with Crippen molar-refractivity contribution in [3.05, 3.63) is 18.4 Å². The summed E-state index contributed by atoms with van der Waals surface area (Å²) in [6.07, 6.45) is 2.17. The zero-order chi connectivity index (χ0) is 16.4. The summed E-state index contributed by atoms with van der Waals surface area (Å²) in [7, 11) is 0. The van der Waals surface area contributed by atoms with Crippen molar-refractivity contribution in [2.75, 3.05) is 12.3 Å². The van der Waals surface area contributed by atoms with Crippen LogP contribution in [0.25, 0.3) is 11.7 Å². The summed E-state index contributed by atoms with van der Waals surface area (Å²) in [5.41, 5.74) is -0.825. The molecule has 23 heavy (non-hydrogen) atoms. The van der Waals surface area contributed by atoms with Crippen molar-refractivity contribution in [3.8, 4) is 11.7 Å². The van der Waals surface area contributed by atoms with Gasteiger partial charge < -0.3 is 14.2 Å². The first kappa shape index (κ1) is 15.6. The summed E-state index contributed by atoms with van der Waals surface area (Å²) < 4.78 is 10.6. The maximum Gasteiger partial charge on any atom is 0.325 e. The Morgan fingerprint density at radius 3 is 2.83 bits per heavy atom. The van der Waals surface area contributed by atoms with Gasteiger partial charge in [0.1, 0.15) is 5.54 Å². The van der Waals surface area contributed by atoms with E-state index < -0.39 is 5.54 Å². The average molecular weight is 336 g/mol. The van der Waals surface area contributed by atoms with E-state index in [0.717, 1.165) is 0 Å². The molecule has 3 rings (SSSR count). The molecule has 0 spiro atoms. The minimum atomic E-state index is -0.825. The number of nitrogens with zero attached hydrogens (tertiary/aromatic N) is 3. The number of hydrogen-bond donors (Lipinski definition) is 1. The smallest absolute Gasteiger partial charge is 0.325 e. The Morgan fingerprint density at radius 1 is 1.35 bits per heavy atom. The lowest BCUT2D eigenvalue weighted by molar-refractivity contribution is -0.130. The van der Waals surface area contributed by atoms with Crippen molar-refractivity contribution in [2.45, 2.75) is 31.0 Å². The molecule has 1 fully saturated rings. The van der Waals surface area contributed by atoms with Gasteiger partial charge in [-0.2, -0.15) is 0 Å². The van der Waals surface area contributed by atoms with E-state index in [1.165, 1.54) is 22.9 Å². The van der Waals surface area contributed by atoms with E-state index in [1.54, 1.807) is 26.0 Å². The highest BCUT2D eigenvalue weighted by molar-refractivity contribution is 7.99. The Labute approximate surface area is 136 Å². The summed E-state index contributed by atoms with van der Waals surface area (Å²) in [6.45, 7) is 3.74. The molecule has 1 N–H and O–H groups in total. The Bertz CT molecular complexity index is 710. The highest BCUT2D eigenvalue weighted by atomic mass is 32.2. The van der Waals surface area contributed by atoms with Crippen LogP contribution >= 0.6 is 11.8 Å². The van der Waals surface area contributed by atoms with E-state index in [1.807, 2.05) is 0 Å². The van der Waals surface area contributed by atoms with Gasteiger partial charge in [-0.05, 0) is 32.4 Å². The van der Waals surface area contributed by atoms with Crippen LogP contribution in [0.2, 0.25) is 0 Å². The van der Waals surface area contributed by atoms with Crippen molar-refractivity contribution < 1.29 is 18.4 Å². The van der Waals surface area contributed by atoms with Crippen LogP contribution in [0.1, 0.15) is 20.3 Å². The third kappa shape index (κ3) is 3.24. The minimum Gasteiger partial charge on any atom is -0.459 e. The first-order chi connectivity index (χ1) is 11.0. The molecule has 1 aliphatic rings. The van der Waals surface area contributed by atoms with Gasteiger partial charge in [0.05, 0.1) is 6.26 Å². The molecule has 3 heterocycles. The summed E-state index contributed by atoms with van der Waals surface area (Å²) >= 11 is 1.37. The van der Waals surface area contributed by atoms with Gasteiger partial charge in [0.25, 0.3) is 17.0 Å². The summed E-state index contributed by atoms with van der Waals surface area (Å²) in [6, 6.07) is 3.13. The van der Waals surface area contributed by atoms with Crippen molar-refractivity contribution in [1.82, 2.24) is 20.4 Å². The summed E-state index contributed by atoms with van der Waals surface area (Å²) in [4.78, 5) is 25.0. The lowest BCUT2D eigenvalue weighted by Crippen LogP contribution is -2.40. The maximum atomic E-state index is 12.0. The van der Waals surface area contributed by atoms with Gasteiger partial charge in [-0.1, -0.05) is 11.8 Å². The maximum absolute atomic E-state index is 12.0. The zero-order valence-corrected chi connectivity index (χ0v) is 13.6. The quantitative estimate of drug-likeness (QED) is 0.490. The molecule has 2 aromatic heterocycles. The summed E-state index contributed by atoms with van der Waals surface area (Å²) in [5.74, 6) is 1.29. The molecule has 0 saturated carbocycles. The summed E-state index contributed by atoms with van der Waals surface area (Å²) in [5, 5.41) is 10.9. The van der Waals surface area contributed by atoms with Crippen LogP contribution in [0.3, 0.4) is 0 Å². The largest absolute Gasteiger partial charge is 0.459 e. The molecule has 0 atom stereocenters. The van der Waals surface area contributed by atoms with E-state index in [2.05, 4.69) is 15.5 Å². The second-order valence-corrected chi connectivity index (χ2v) is 6.61. The molecule has 0 aromatic carbocycles. The van der Waals surface area contributed by atoms with Crippen molar-refractivity contribution in [2.24, 2.45) is 0 Å². The number of thioether (sulfide) groups is 1. The molecule has 8 nitrogen and oxygen atoms in total. The number of furan rings is 1. The molecule has 0 radical (unpaired) electrons. The van der Waals surface area contributed by atoms with E-state index in [0.29, 0.717) is 35.6 Å². The highest BCUT2D eigenvalue weighted by Crippen LogP contribution is 2.24. The fraction of sp³-hybridized carbons (Fsp3) is 0.429. The third-order valence-corrected chi connectivity index (χ3v) is 4.24. The first-order valence-corrected chi connectivity index (χ1v) is 8.10. The number of aromatic nitrogens is 2. The van der Waals surface area contributed by atoms with Crippen molar-refractivity contribution in [1.29, 1.82) is 0 Å². The molecular weight excluding hydrogens is 320 g/mol. The lowest BCUT2D eigenvalue weighted by atomic mass is 10.1. The number of carbonyl (C=O) groups is 2. The molecule has 0 aliphatic carbocycles. The molecule has 3 amide bonds. The van der Waals surface area contributed by atoms with Crippen LogP contribution in [0.15, 0.2) is 32.5 Å². The van der Waals surface area contributed by atoms with Gasteiger partial charge in [-0.25, -0.2) is 4.79 Å². The molecule has 2 aromatic rings. The van der Waals surface area contributed by atoms with Gasteiger partial charge in [0.2, 0.25) is 0 Å². The molecule has 1 saturated heterocycles. The van der Waals surface area contributed by atoms with Gasteiger partial charge in [0, 0.05) is 12.3 Å². The standard InChI is InChI=1S/C14H16N4O4S/c1-14(2)11(19)18(12(20)15-14)6-4-8-23-13-17-16-10(22-13)9-5-3-7-21-9/h3,5,7H,4,6,8H2,1-2H3,(H,15,20). The topological polar surface area (TPSA) is 101 Å². The van der Waals surface area contributed by atoms with E-state index in [9.17, 15) is 9.59 Å². The van der Waals surface area contributed by atoms with Crippen molar-refractivity contribution >= 4 is 23.7 Å². The predicted molar refractivity (Wildman–Crippen MR) is 81.7 cm³/mol. The Balaban J connectivity index is 1.47. The Kier molecular flexibility index (Phi) is 4.12. The van der Waals surface area contributed by atoms with E-state index in [4.69, 9.17) is 8.83 Å². The number of carbonyl (C=O) groups excluding carboxylic acids is 2. The minimum absolute atomic E-state index is 0.203. The number of urea groups is 1. The predicted octanol–water partition coefficient (Wildman–Crippen LogP) is 2.14.